The number of fused-ring (bicyclic) bond motifs is 2. The van der Waals surface area contributed by atoms with Crippen molar-refractivity contribution in [3.63, 3.8) is 0 Å². The standard InChI is InChI=1S/C14H14O6/c15-11-7-3-5(9(7)13(17)19-11)1-2-6-4-8-10(6)14(18)20-12(8)16/h5-10H,1-4H2. The first kappa shape index (κ1) is 12.1. The molecule has 2 saturated carbocycles. The van der Waals surface area contributed by atoms with Crippen molar-refractivity contribution in [3.8, 4) is 0 Å². The highest BCUT2D eigenvalue weighted by Crippen LogP contribution is 2.52. The summed E-state index contributed by atoms with van der Waals surface area (Å²) in [5.74, 6) is -2.19. The zero-order chi connectivity index (χ0) is 14.0. The van der Waals surface area contributed by atoms with Gasteiger partial charge >= 0.3 is 23.9 Å². The SMILES string of the molecule is O=C1OC(=O)C2C(CCC3CC4C(=O)OC(=O)C34)CC12. The van der Waals surface area contributed by atoms with Gasteiger partial charge in [-0.05, 0) is 37.5 Å². The summed E-state index contributed by atoms with van der Waals surface area (Å²) >= 11 is 0. The quantitative estimate of drug-likeness (QED) is 0.550. The van der Waals surface area contributed by atoms with E-state index in [2.05, 4.69) is 9.47 Å². The van der Waals surface area contributed by atoms with E-state index in [4.69, 9.17) is 0 Å². The molecule has 0 bridgehead atoms. The fourth-order valence-corrected chi connectivity index (χ4v) is 4.21. The van der Waals surface area contributed by atoms with E-state index in [0.29, 0.717) is 12.8 Å². The molecular weight excluding hydrogens is 264 g/mol. The lowest BCUT2D eigenvalue weighted by molar-refractivity contribution is -0.155. The molecule has 0 aromatic heterocycles. The van der Waals surface area contributed by atoms with E-state index in [1.165, 1.54) is 0 Å². The molecule has 2 aliphatic carbocycles. The predicted molar refractivity (Wildman–Crippen MR) is 61.6 cm³/mol. The van der Waals surface area contributed by atoms with E-state index in [1.54, 1.807) is 0 Å². The van der Waals surface area contributed by atoms with Crippen molar-refractivity contribution in [2.75, 3.05) is 0 Å². The van der Waals surface area contributed by atoms with Gasteiger partial charge in [0.1, 0.15) is 0 Å². The van der Waals surface area contributed by atoms with Crippen molar-refractivity contribution >= 4 is 23.9 Å². The van der Waals surface area contributed by atoms with Gasteiger partial charge in [-0.3, -0.25) is 19.2 Å². The maximum absolute atomic E-state index is 11.5. The smallest absolute Gasteiger partial charge is 0.317 e. The Labute approximate surface area is 114 Å². The lowest BCUT2D eigenvalue weighted by Crippen LogP contribution is -2.42. The molecule has 106 valence electrons. The van der Waals surface area contributed by atoms with Crippen LogP contribution in [-0.2, 0) is 28.7 Å². The van der Waals surface area contributed by atoms with Gasteiger partial charge in [-0.15, -0.1) is 0 Å². The van der Waals surface area contributed by atoms with Crippen molar-refractivity contribution in [1.29, 1.82) is 0 Å². The largest absolute Gasteiger partial charge is 0.393 e. The van der Waals surface area contributed by atoms with Crippen LogP contribution in [0.1, 0.15) is 25.7 Å². The van der Waals surface area contributed by atoms with Crippen LogP contribution in [0.15, 0.2) is 0 Å². The molecule has 20 heavy (non-hydrogen) atoms. The number of rotatable bonds is 3. The zero-order valence-electron chi connectivity index (χ0n) is 10.7. The Hall–Kier alpha value is -1.72. The van der Waals surface area contributed by atoms with Crippen molar-refractivity contribution < 1.29 is 28.7 Å². The summed E-state index contributed by atoms with van der Waals surface area (Å²) in [4.78, 5) is 45.6. The molecule has 4 aliphatic rings. The third-order valence-corrected chi connectivity index (χ3v) is 5.46. The van der Waals surface area contributed by atoms with Gasteiger partial charge in [-0.1, -0.05) is 0 Å². The summed E-state index contributed by atoms with van der Waals surface area (Å²) in [7, 11) is 0. The number of ether oxygens (including phenoxy) is 2. The van der Waals surface area contributed by atoms with E-state index in [-0.39, 0.29) is 47.4 Å². The molecule has 4 fully saturated rings. The molecule has 0 aromatic rings. The van der Waals surface area contributed by atoms with Crippen molar-refractivity contribution in [3.05, 3.63) is 0 Å². The van der Waals surface area contributed by atoms with Gasteiger partial charge in [0, 0.05) is 0 Å². The van der Waals surface area contributed by atoms with E-state index in [1.807, 2.05) is 0 Å². The van der Waals surface area contributed by atoms with E-state index in [9.17, 15) is 19.2 Å². The second kappa shape index (κ2) is 3.90. The van der Waals surface area contributed by atoms with Crippen LogP contribution in [0.3, 0.4) is 0 Å². The lowest BCUT2D eigenvalue weighted by atomic mass is 9.60. The number of esters is 4. The fourth-order valence-electron chi connectivity index (χ4n) is 4.21. The molecule has 6 unspecified atom stereocenters. The first-order valence-electron chi connectivity index (χ1n) is 7.07. The second-order valence-corrected chi connectivity index (χ2v) is 6.31. The minimum Gasteiger partial charge on any atom is -0.393 e. The third-order valence-electron chi connectivity index (χ3n) is 5.46. The van der Waals surface area contributed by atoms with Gasteiger partial charge in [-0.25, -0.2) is 0 Å². The Bertz CT molecular complexity index is 490. The minimum absolute atomic E-state index is 0.186. The lowest BCUT2D eigenvalue weighted by Gasteiger charge is -2.39. The topological polar surface area (TPSA) is 86.7 Å². The molecule has 0 aromatic carbocycles. The summed E-state index contributed by atoms with van der Waals surface area (Å²) in [6.07, 6.45) is 3.02. The molecule has 0 spiro atoms. The highest BCUT2D eigenvalue weighted by molar-refractivity contribution is 5.98. The Kier molecular flexibility index (Phi) is 2.35. The molecule has 4 rings (SSSR count). The van der Waals surface area contributed by atoms with Crippen molar-refractivity contribution in [1.82, 2.24) is 0 Å². The average Bonchev–Trinajstić information content (AvgIpc) is 2.62. The Morgan fingerprint density at radius 2 is 1.10 bits per heavy atom. The number of hydrogen-bond acceptors (Lipinski definition) is 6. The predicted octanol–water partition coefficient (Wildman–Crippen LogP) is 0.438. The monoisotopic (exact) mass is 278 g/mol. The summed E-state index contributed by atoms with van der Waals surface area (Å²) in [6, 6.07) is 0. The zero-order valence-corrected chi connectivity index (χ0v) is 10.7. The number of carbonyl (C=O) groups excluding carboxylic acids is 4. The third kappa shape index (κ3) is 1.45. The summed E-state index contributed by atoms with van der Waals surface area (Å²) in [5.41, 5.74) is 0. The summed E-state index contributed by atoms with van der Waals surface area (Å²) < 4.78 is 9.26. The Balaban J connectivity index is 1.33. The van der Waals surface area contributed by atoms with Crippen LogP contribution in [0.4, 0.5) is 0 Å². The molecule has 6 nitrogen and oxygen atoms in total. The summed E-state index contributed by atoms with van der Waals surface area (Å²) in [6.45, 7) is 0. The highest BCUT2D eigenvalue weighted by atomic mass is 16.6. The first-order chi connectivity index (χ1) is 9.56. The van der Waals surface area contributed by atoms with Gasteiger partial charge in [0.25, 0.3) is 0 Å². The number of hydrogen-bond donors (Lipinski definition) is 0. The highest BCUT2D eigenvalue weighted by Gasteiger charge is 2.59. The van der Waals surface area contributed by atoms with Crippen molar-refractivity contribution in [2.45, 2.75) is 25.7 Å². The first-order valence-corrected chi connectivity index (χ1v) is 7.07. The van der Waals surface area contributed by atoms with E-state index >= 15 is 0 Å². The van der Waals surface area contributed by atoms with Crippen LogP contribution in [0.25, 0.3) is 0 Å². The van der Waals surface area contributed by atoms with Crippen LogP contribution in [0, 0.1) is 35.5 Å². The maximum Gasteiger partial charge on any atom is 0.317 e. The van der Waals surface area contributed by atoms with Gasteiger partial charge in [0.2, 0.25) is 0 Å². The molecule has 6 atom stereocenters. The number of cyclic esters (lactones) is 4. The molecule has 2 saturated heterocycles. The minimum atomic E-state index is -0.391. The van der Waals surface area contributed by atoms with Crippen molar-refractivity contribution in [2.24, 2.45) is 35.5 Å². The summed E-state index contributed by atoms with van der Waals surface area (Å²) in [5, 5.41) is 0. The molecule has 0 amide bonds. The van der Waals surface area contributed by atoms with E-state index in [0.717, 1.165) is 12.8 Å². The maximum atomic E-state index is 11.5. The molecule has 2 aliphatic heterocycles. The van der Waals surface area contributed by atoms with Crippen LogP contribution >= 0.6 is 0 Å². The van der Waals surface area contributed by atoms with Crippen LogP contribution in [-0.4, -0.2) is 23.9 Å². The molecule has 2 heterocycles. The fraction of sp³-hybridized carbons (Fsp3) is 0.714. The molecule has 0 radical (unpaired) electrons. The number of carbonyl (C=O) groups is 4. The molecule has 6 heteroatoms. The Morgan fingerprint density at radius 3 is 1.45 bits per heavy atom. The average molecular weight is 278 g/mol. The second-order valence-electron chi connectivity index (χ2n) is 6.31. The van der Waals surface area contributed by atoms with Crippen LogP contribution < -0.4 is 0 Å². The van der Waals surface area contributed by atoms with E-state index < -0.39 is 11.9 Å². The van der Waals surface area contributed by atoms with Gasteiger partial charge < -0.3 is 9.47 Å². The molecular formula is C14H14O6. The van der Waals surface area contributed by atoms with Gasteiger partial charge in [0.15, 0.2) is 0 Å². The van der Waals surface area contributed by atoms with Gasteiger partial charge in [-0.2, -0.15) is 0 Å². The Morgan fingerprint density at radius 1 is 0.700 bits per heavy atom. The van der Waals surface area contributed by atoms with Gasteiger partial charge in [0.05, 0.1) is 23.7 Å². The van der Waals surface area contributed by atoms with Crippen LogP contribution in [0.2, 0.25) is 0 Å². The van der Waals surface area contributed by atoms with Crippen LogP contribution in [0.5, 0.6) is 0 Å². The normalized spacial score (nSPS) is 45.2. The molecule has 0 N–H and O–H groups in total.